The lowest BCUT2D eigenvalue weighted by Gasteiger charge is -2.21. The highest BCUT2D eigenvalue weighted by atomic mass is 16.5. The zero-order valence-electron chi connectivity index (χ0n) is 16.6. The lowest BCUT2D eigenvalue weighted by Crippen LogP contribution is -2.29. The molecule has 29 heavy (non-hydrogen) atoms. The summed E-state index contributed by atoms with van der Waals surface area (Å²) in [6.07, 6.45) is 3.24. The Bertz CT molecular complexity index is 1100. The minimum atomic E-state index is 0.299. The van der Waals surface area contributed by atoms with E-state index < -0.39 is 0 Å². The van der Waals surface area contributed by atoms with E-state index >= 15 is 0 Å². The van der Waals surface area contributed by atoms with Gasteiger partial charge in [-0.25, -0.2) is 0 Å². The molecular weight excluding hydrogens is 358 g/mol. The van der Waals surface area contributed by atoms with Crippen LogP contribution in [0.3, 0.4) is 0 Å². The molecule has 0 spiro atoms. The first-order chi connectivity index (χ1) is 14.3. The van der Waals surface area contributed by atoms with Crippen LogP contribution >= 0.6 is 0 Å². The van der Waals surface area contributed by atoms with Crippen LogP contribution in [0.5, 0.6) is 0 Å². The number of fused-ring (bicyclic) bond motifs is 1. The Morgan fingerprint density at radius 1 is 0.931 bits per heavy atom. The fraction of sp³-hybridized carbons (Fsp3) is 0.280. The van der Waals surface area contributed by atoms with Gasteiger partial charge in [0.05, 0.1) is 0 Å². The van der Waals surface area contributed by atoms with Gasteiger partial charge in [0.2, 0.25) is 11.7 Å². The van der Waals surface area contributed by atoms with Gasteiger partial charge in [0, 0.05) is 23.6 Å². The quantitative estimate of drug-likeness (QED) is 0.468. The van der Waals surface area contributed by atoms with E-state index in [0.717, 1.165) is 30.7 Å². The first-order valence-electron chi connectivity index (χ1n) is 10.4. The molecule has 146 valence electrons. The molecule has 0 aliphatic heterocycles. The van der Waals surface area contributed by atoms with Crippen molar-refractivity contribution in [3.05, 3.63) is 84.3 Å². The van der Waals surface area contributed by atoms with Crippen molar-refractivity contribution in [1.29, 1.82) is 0 Å². The van der Waals surface area contributed by atoms with Crippen LogP contribution in [-0.4, -0.2) is 16.2 Å². The lowest BCUT2D eigenvalue weighted by atomic mass is 9.99. The standard InChI is InChI=1S/C25H25N3O/c1-17(22-13-7-11-18-8-5-6-12-23(18)22)26-21-15-14-20(16-21)25-27-24(28-29-25)19-9-3-2-4-10-19/h2-13,17,20-21,26H,14-16H2,1H3/t17-,20?,21?/m1/s1. The van der Waals surface area contributed by atoms with E-state index in [1.807, 2.05) is 30.3 Å². The van der Waals surface area contributed by atoms with E-state index in [9.17, 15) is 0 Å². The number of benzene rings is 3. The minimum absolute atomic E-state index is 0.299. The summed E-state index contributed by atoms with van der Waals surface area (Å²) in [5, 5.41) is 10.6. The smallest absolute Gasteiger partial charge is 0.230 e. The Kier molecular flexibility index (Phi) is 4.86. The molecule has 0 bridgehead atoms. The maximum Gasteiger partial charge on any atom is 0.230 e. The first kappa shape index (κ1) is 18.1. The molecule has 1 heterocycles. The number of hydrogen-bond donors (Lipinski definition) is 1. The van der Waals surface area contributed by atoms with Gasteiger partial charge in [-0.05, 0) is 42.5 Å². The van der Waals surface area contributed by atoms with Crippen molar-refractivity contribution >= 4 is 10.8 Å². The average molecular weight is 383 g/mol. The highest BCUT2D eigenvalue weighted by Crippen LogP contribution is 2.36. The molecule has 2 unspecified atom stereocenters. The molecule has 1 saturated carbocycles. The Morgan fingerprint density at radius 2 is 1.72 bits per heavy atom. The molecule has 1 aliphatic rings. The topological polar surface area (TPSA) is 51.0 Å². The highest BCUT2D eigenvalue weighted by Gasteiger charge is 2.31. The van der Waals surface area contributed by atoms with Crippen LogP contribution < -0.4 is 5.32 Å². The van der Waals surface area contributed by atoms with Crippen LogP contribution in [0.4, 0.5) is 0 Å². The molecule has 1 aliphatic carbocycles. The van der Waals surface area contributed by atoms with E-state index in [1.165, 1.54) is 16.3 Å². The molecular formula is C25H25N3O. The fourth-order valence-corrected chi connectivity index (χ4v) is 4.53. The van der Waals surface area contributed by atoms with Crippen LogP contribution in [0.15, 0.2) is 77.3 Å². The van der Waals surface area contributed by atoms with Crippen molar-refractivity contribution < 1.29 is 4.52 Å². The van der Waals surface area contributed by atoms with Crippen LogP contribution in [0, 0.1) is 0 Å². The van der Waals surface area contributed by atoms with Crippen molar-refractivity contribution in [2.24, 2.45) is 0 Å². The van der Waals surface area contributed by atoms with Crippen LogP contribution in [0.1, 0.15) is 49.6 Å². The van der Waals surface area contributed by atoms with E-state index in [0.29, 0.717) is 23.8 Å². The third-order valence-electron chi connectivity index (χ3n) is 6.03. The normalized spacial score (nSPS) is 20.2. The summed E-state index contributed by atoms with van der Waals surface area (Å²) in [4.78, 5) is 4.67. The molecule has 1 N–H and O–H groups in total. The number of rotatable bonds is 5. The van der Waals surface area contributed by atoms with Crippen LogP contribution in [-0.2, 0) is 0 Å². The highest BCUT2D eigenvalue weighted by molar-refractivity contribution is 5.86. The van der Waals surface area contributed by atoms with E-state index in [4.69, 9.17) is 4.52 Å². The predicted molar refractivity (Wildman–Crippen MR) is 116 cm³/mol. The van der Waals surface area contributed by atoms with Gasteiger partial charge in [-0.1, -0.05) is 78.0 Å². The molecule has 3 aromatic carbocycles. The molecule has 1 aromatic heterocycles. The number of hydrogen-bond acceptors (Lipinski definition) is 4. The van der Waals surface area contributed by atoms with Gasteiger partial charge in [0.1, 0.15) is 0 Å². The Labute approximate surface area is 171 Å². The van der Waals surface area contributed by atoms with Crippen molar-refractivity contribution in [2.75, 3.05) is 0 Å². The van der Waals surface area contributed by atoms with Gasteiger partial charge < -0.3 is 9.84 Å². The maximum absolute atomic E-state index is 5.61. The summed E-state index contributed by atoms with van der Waals surface area (Å²) in [5.74, 6) is 1.78. The molecule has 4 heteroatoms. The molecule has 5 rings (SSSR count). The van der Waals surface area contributed by atoms with Gasteiger partial charge in [-0.3, -0.25) is 0 Å². The van der Waals surface area contributed by atoms with Crippen LogP contribution in [0.2, 0.25) is 0 Å². The molecule has 0 saturated heterocycles. The number of nitrogens with one attached hydrogen (secondary N) is 1. The Morgan fingerprint density at radius 3 is 2.62 bits per heavy atom. The van der Waals surface area contributed by atoms with Crippen molar-refractivity contribution in [3.8, 4) is 11.4 Å². The summed E-state index contributed by atoms with van der Waals surface area (Å²) < 4.78 is 5.61. The lowest BCUT2D eigenvalue weighted by molar-refractivity contribution is 0.350. The predicted octanol–water partition coefficient (Wildman–Crippen LogP) is 5.88. The summed E-state index contributed by atoms with van der Waals surface area (Å²) in [7, 11) is 0. The van der Waals surface area contributed by atoms with Crippen molar-refractivity contribution in [3.63, 3.8) is 0 Å². The third kappa shape index (κ3) is 3.68. The van der Waals surface area contributed by atoms with Crippen molar-refractivity contribution in [2.45, 2.75) is 44.2 Å². The second-order valence-corrected chi connectivity index (χ2v) is 7.99. The van der Waals surface area contributed by atoms with E-state index in [-0.39, 0.29) is 0 Å². The molecule has 3 atom stereocenters. The zero-order valence-corrected chi connectivity index (χ0v) is 16.6. The SMILES string of the molecule is C[C@@H](NC1CCC(c2nc(-c3ccccc3)no2)C1)c1cccc2ccccc12. The largest absolute Gasteiger partial charge is 0.339 e. The molecule has 0 radical (unpaired) electrons. The van der Waals surface area contributed by atoms with Gasteiger partial charge in [0.15, 0.2) is 0 Å². The Hall–Kier alpha value is -2.98. The summed E-state index contributed by atoms with van der Waals surface area (Å²) >= 11 is 0. The summed E-state index contributed by atoms with van der Waals surface area (Å²) in [6, 6.07) is 25.9. The Balaban J connectivity index is 1.27. The van der Waals surface area contributed by atoms with Gasteiger partial charge in [-0.2, -0.15) is 4.98 Å². The first-order valence-corrected chi connectivity index (χ1v) is 10.4. The van der Waals surface area contributed by atoms with E-state index in [1.54, 1.807) is 0 Å². The number of nitrogens with zero attached hydrogens (tertiary/aromatic N) is 2. The summed E-state index contributed by atoms with van der Waals surface area (Å²) in [6.45, 7) is 2.26. The van der Waals surface area contributed by atoms with E-state index in [2.05, 4.69) is 64.8 Å². The number of aromatic nitrogens is 2. The molecule has 0 amide bonds. The third-order valence-corrected chi connectivity index (χ3v) is 6.03. The second-order valence-electron chi connectivity index (χ2n) is 7.99. The van der Waals surface area contributed by atoms with Crippen molar-refractivity contribution in [1.82, 2.24) is 15.5 Å². The molecule has 1 fully saturated rings. The van der Waals surface area contributed by atoms with Gasteiger partial charge in [0.25, 0.3) is 0 Å². The van der Waals surface area contributed by atoms with Gasteiger partial charge in [-0.15, -0.1) is 0 Å². The minimum Gasteiger partial charge on any atom is -0.339 e. The second kappa shape index (κ2) is 7.80. The monoisotopic (exact) mass is 383 g/mol. The maximum atomic E-state index is 5.61. The average Bonchev–Trinajstić information content (AvgIpc) is 3.43. The van der Waals surface area contributed by atoms with Crippen LogP contribution in [0.25, 0.3) is 22.2 Å². The van der Waals surface area contributed by atoms with Gasteiger partial charge >= 0.3 is 0 Å². The zero-order chi connectivity index (χ0) is 19.6. The summed E-state index contributed by atoms with van der Waals surface area (Å²) in [5.41, 5.74) is 2.36. The fourth-order valence-electron chi connectivity index (χ4n) is 4.53. The molecule has 4 aromatic rings. The molecule has 4 nitrogen and oxygen atoms in total.